The molecule has 1 aromatic carbocycles. The van der Waals surface area contributed by atoms with Crippen LogP contribution in [0.1, 0.15) is 11.3 Å². The number of hydrogen-bond acceptors (Lipinski definition) is 3. The molecule has 0 spiro atoms. The number of nitrogens with one attached hydrogen (secondary N) is 1. The Kier molecular flexibility index (Phi) is 6.38. The number of furan rings is 1. The Morgan fingerprint density at radius 3 is 2.74 bits per heavy atom. The van der Waals surface area contributed by atoms with Crippen molar-refractivity contribution in [1.82, 2.24) is 5.32 Å². The molecule has 5 heteroatoms. The number of benzene rings is 1. The van der Waals surface area contributed by atoms with E-state index in [0.717, 1.165) is 27.7 Å². The molecule has 0 aliphatic carbocycles. The number of aliphatic hydroxyl groups is 1. The van der Waals surface area contributed by atoms with E-state index < -0.39 is 0 Å². The van der Waals surface area contributed by atoms with Crippen LogP contribution in [0.3, 0.4) is 0 Å². The monoisotopic (exact) mass is 301 g/mol. The van der Waals surface area contributed by atoms with E-state index in [4.69, 9.17) is 21.1 Å². The molecule has 0 amide bonds. The molecule has 0 radical (unpaired) electrons. The summed E-state index contributed by atoms with van der Waals surface area (Å²) in [4.78, 5) is 0. The predicted octanol–water partition coefficient (Wildman–Crippen LogP) is 3.41. The molecule has 104 valence electrons. The van der Waals surface area contributed by atoms with Crippen LogP contribution in [-0.2, 0) is 6.54 Å². The standard InChI is InChI=1S/C14H16ClNO2.ClH/c1-10-2-3-11(8-13(10)15)14-5-4-12(18-14)9-16-6-7-17;/h2-5,8,16-17H,6-7,9H2,1H3;1H. The summed E-state index contributed by atoms with van der Waals surface area (Å²) in [6.45, 7) is 3.27. The lowest BCUT2D eigenvalue weighted by atomic mass is 10.1. The SMILES string of the molecule is Cc1ccc(-c2ccc(CNCCO)o2)cc1Cl.Cl. The Morgan fingerprint density at radius 2 is 2.05 bits per heavy atom. The van der Waals surface area contributed by atoms with Gasteiger partial charge >= 0.3 is 0 Å². The first-order valence-corrected chi connectivity index (χ1v) is 6.25. The number of aryl methyl sites for hydroxylation is 1. The van der Waals surface area contributed by atoms with Gasteiger partial charge < -0.3 is 14.8 Å². The van der Waals surface area contributed by atoms with Gasteiger partial charge in [-0.05, 0) is 30.7 Å². The van der Waals surface area contributed by atoms with Crippen molar-refractivity contribution in [3.8, 4) is 11.3 Å². The Hall–Kier alpha value is -1.00. The molecule has 0 bridgehead atoms. The summed E-state index contributed by atoms with van der Waals surface area (Å²) in [7, 11) is 0. The molecule has 19 heavy (non-hydrogen) atoms. The highest BCUT2D eigenvalue weighted by molar-refractivity contribution is 6.31. The van der Waals surface area contributed by atoms with E-state index in [2.05, 4.69) is 5.32 Å². The lowest BCUT2D eigenvalue weighted by Crippen LogP contribution is -2.16. The third kappa shape index (κ3) is 4.25. The van der Waals surface area contributed by atoms with Crippen LogP contribution < -0.4 is 5.32 Å². The normalized spacial score (nSPS) is 10.3. The smallest absolute Gasteiger partial charge is 0.134 e. The van der Waals surface area contributed by atoms with E-state index in [9.17, 15) is 0 Å². The summed E-state index contributed by atoms with van der Waals surface area (Å²) in [5.74, 6) is 1.65. The lowest BCUT2D eigenvalue weighted by Gasteiger charge is -2.02. The topological polar surface area (TPSA) is 45.4 Å². The van der Waals surface area contributed by atoms with E-state index in [1.165, 1.54) is 0 Å². The van der Waals surface area contributed by atoms with E-state index in [1.807, 2.05) is 37.3 Å². The largest absolute Gasteiger partial charge is 0.460 e. The van der Waals surface area contributed by atoms with Gasteiger partial charge in [0.25, 0.3) is 0 Å². The van der Waals surface area contributed by atoms with Crippen molar-refractivity contribution >= 4 is 24.0 Å². The summed E-state index contributed by atoms with van der Waals surface area (Å²) in [5.41, 5.74) is 2.02. The summed E-state index contributed by atoms with van der Waals surface area (Å²) in [5, 5.41) is 12.5. The van der Waals surface area contributed by atoms with Crippen molar-refractivity contribution in [3.05, 3.63) is 46.7 Å². The van der Waals surface area contributed by atoms with Gasteiger partial charge in [0.1, 0.15) is 11.5 Å². The summed E-state index contributed by atoms with van der Waals surface area (Å²) in [6.07, 6.45) is 0. The first kappa shape index (κ1) is 16.1. The average molecular weight is 302 g/mol. The van der Waals surface area contributed by atoms with Crippen molar-refractivity contribution in [2.24, 2.45) is 0 Å². The zero-order valence-corrected chi connectivity index (χ0v) is 12.2. The van der Waals surface area contributed by atoms with Crippen LogP contribution in [0.4, 0.5) is 0 Å². The molecule has 0 unspecified atom stereocenters. The van der Waals surface area contributed by atoms with Crippen LogP contribution in [0.5, 0.6) is 0 Å². The second kappa shape index (κ2) is 7.56. The van der Waals surface area contributed by atoms with E-state index in [1.54, 1.807) is 0 Å². The maximum Gasteiger partial charge on any atom is 0.134 e. The van der Waals surface area contributed by atoms with E-state index >= 15 is 0 Å². The van der Waals surface area contributed by atoms with Gasteiger partial charge in [-0.15, -0.1) is 12.4 Å². The van der Waals surface area contributed by atoms with Crippen LogP contribution in [0.25, 0.3) is 11.3 Å². The highest BCUT2D eigenvalue weighted by Gasteiger charge is 2.06. The van der Waals surface area contributed by atoms with Crippen molar-refractivity contribution in [3.63, 3.8) is 0 Å². The molecule has 2 N–H and O–H groups in total. The Balaban J connectivity index is 0.00000180. The summed E-state index contributed by atoms with van der Waals surface area (Å²) < 4.78 is 5.71. The number of halogens is 2. The summed E-state index contributed by atoms with van der Waals surface area (Å²) in [6, 6.07) is 9.72. The molecule has 0 saturated heterocycles. The second-order valence-corrected chi connectivity index (χ2v) is 4.54. The van der Waals surface area contributed by atoms with Crippen molar-refractivity contribution < 1.29 is 9.52 Å². The second-order valence-electron chi connectivity index (χ2n) is 4.13. The Morgan fingerprint density at radius 1 is 1.26 bits per heavy atom. The molecular weight excluding hydrogens is 285 g/mol. The molecule has 2 aromatic rings. The molecule has 0 fully saturated rings. The molecule has 3 nitrogen and oxygen atoms in total. The van der Waals surface area contributed by atoms with Gasteiger partial charge in [0, 0.05) is 17.1 Å². The van der Waals surface area contributed by atoms with Gasteiger partial charge in [-0.1, -0.05) is 23.7 Å². The minimum absolute atomic E-state index is 0. The molecule has 2 rings (SSSR count). The zero-order valence-electron chi connectivity index (χ0n) is 10.6. The van der Waals surface area contributed by atoms with Crippen LogP contribution >= 0.6 is 24.0 Å². The quantitative estimate of drug-likeness (QED) is 0.832. The maximum absolute atomic E-state index is 8.68. The minimum atomic E-state index is 0. The molecule has 1 aromatic heterocycles. The van der Waals surface area contributed by atoms with Crippen molar-refractivity contribution in [2.45, 2.75) is 13.5 Å². The molecule has 0 saturated carbocycles. The first-order valence-electron chi connectivity index (χ1n) is 5.87. The Labute approximate surface area is 124 Å². The fraction of sp³-hybridized carbons (Fsp3) is 0.286. The van der Waals surface area contributed by atoms with Gasteiger partial charge in [0.15, 0.2) is 0 Å². The highest BCUT2D eigenvalue weighted by Crippen LogP contribution is 2.26. The fourth-order valence-electron chi connectivity index (χ4n) is 1.66. The molecule has 0 atom stereocenters. The fourth-order valence-corrected chi connectivity index (χ4v) is 1.85. The van der Waals surface area contributed by atoms with Gasteiger partial charge in [-0.3, -0.25) is 0 Å². The third-order valence-corrected chi connectivity index (χ3v) is 3.11. The molecule has 0 aliphatic rings. The maximum atomic E-state index is 8.68. The van der Waals surface area contributed by atoms with Crippen LogP contribution in [-0.4, -0.2) is 18.3 Å². The van der Waals surface area contributed by atoms with Crippen molar-refractivity contribution in [2.75, 3.05) is 13.2 Å². The Bertz CT molecular complexity index is 526. The van der Waals surface area contributed by atoms with Gasteiger partial charge in [-0.25, -0.2) is 0 Å². The van der Waals surface area contributed by atoms with Gasteiger partial charge in [-0.2, -0.15) is 0 Å². The summed E-state index contributed by atoms with van der Waals surface area (Å²) >= 11 is 6.09. The number of rotatable bonds is 5. The van der Waals surface area contributed by atoms with Crippen LogP contribution in [0, 0.1) is 6.92 Å². The highest BCUT2D eigenvalue weighted by atomic mass is 35.5. The van der Waals surface area contributed by atoms with Crippen LogP contribution in [0.2, 0.25) is 5.02 Å². The van der Waals surface area contributed by atoms with E-state index in [0.29, 0.717) is 13.1 Å². The molecule has 0 aliphatic heterocycles. The van der Waals surface area contributed by atoms with Gasteiger partial charge in [0.05, 0.1) is 13.2 Å². The molecular formula is C14H17Cl2NO2. The van der Waals surface area contributed by atoms with Crippen molar-refractivity contribution in [1.29, 1.82) is 0 Å². The van der Waals surface area contributed by atoms with Gasteiger partial charge in [0.2, 0.25) is 0 Å². The average Bonchev–Trinajstić information content (AvgIpc) is 2.82. The molecule has 1 heterocycles. The predicted molar refractivity (Wildman–Crippen MR) is 79.9 cm³/mol. The zero-order chi connectivity index (χ0) is 13.0. The minimum Gasteiger partial charge on any atom is -0.460 e. The first-order chi connectivity index (χ1) is 8.70. The number of aliphatic hydroxyl groups excluding tert-OH is 1. The third-order valence-electron chi connectivity index (χ3n) is 2.71. The lowest BCUT2D eigenvalue weighted by molar-refractivity contribution is 0.290. The number of hydrogen-bond donors (Lipinski definition) is 2. The van der Waals surface area contributed by atoms with E-state index in [-0.39, 0.29) is 19.0 Å². The van der Waals surface area contributed by atoms with Crippen LogP contribution in [0.15, 0.2) is 34.7 Å².